The van der Waals surface area contributed by atoms with E-state index in [9.17, 15) is 0 Å². The average molecular weight is 353 g/mol. The Morgan fingerprint density at radius 1 is 1.25 bits per heavy atom. The van der Waals surface area contributed by atoms with Gasteiger partial charge in [0.1, 0.15) is 5.01 Å². The van der Waals surface area contributed by atoms with Gasteiger partial charge in [0.25, 0.3) is 0 Å². The first-order chi connectivity index (χ1) is 9.47. The Kier molecular flexibility index (Phi) is 5.35. The predicted molar refractivity (Wildman–Crippen MR) is 91.3 cm³/mol. The molecule has 1 heterocycles. The summed E-state index contributed by atoms with van der Waals surface area (Å²) in [6, 6.07) is 8.84. The fourth-order valence-corrected chi connectivity index (χ4v) is 3.55. The largest absolute Gasteiger partial charge is 0.310 e. The summed E-state index contributed by atoms with van der Waals surface area (Å²) in [6.45, 7) is 9.66. The second kappa shape index (κ2) is 6.83. The molecular weight excluding hydrogens is 332 g/mol. The van der Waals surface area contributed by atoms with Gasteiger partial charge in [-0.2, -0.15) is 0 Å². The van der Waals surface area contributed by atoms with Crippen LogP contribution in [-0.4, -0.2) is 11.0 Å². The van der Waals surface area contributed by atoms with Crippen molar-refractivity contribution in [2.75, 3.05) is 0 Å². The number of halogens is 1. The lowest BCUT2D eigenvalue weighted by atomic mass is 10.1. The highest BCUT2D eigenvalue weighted by Gasteiger charge is 2.15. The summed E-state index contributed by atoms with van der Waals surface area (Å²) in [6.07, 6.45) is 0. The predicted octanol–water partition coefficient (Wildman–Crippen LogP) is 5.19. The molecule has 1 aromatic carbocycles. The maximum atomic E-state index is 4.86. The number of nitrogens with one attached hydrogen (secondary N) is 1. The fraction of sp³-hybridized carbons (Fsp3) is 0.438. The number of thiazole rings is 1. The van der Waals surface area contributed by atoms with Crippen molar-refractivity contribution in [1.29, 1.82) is 0 Å². The van der Waals surface area contributed by atoms with Crippen LogP contribution in [0.3, 0.4) is 0 Å². The van der Waals surface area contributed by atoms with Crippen molar-refractivity contribution in [2.24, 2.45) is 0 Å². The van der Waals surface area contributed by atoms with Crippen LogP contribution in [0.1, 0.15) is 44.2 Å². The Morgan fingerprint density at radius 3 is 2.60 bits per heavy atom. The molecule has 2 aromatic rings. The van der Waals surface area contributed by atoms with Crippen LogP contribution < -0.4 is 5.32 Å². The molecule has 0 aliphatic carbocycles. The SMILES string of the molecule is CC(C)NCc1sc(-c2cccc(Br)c2)nc1C(C)C. The van der Waals surface area contributed by atoms with E-state index in [2.05, 4.69) is 67.1 Å². The molecule has 0 aliphatic heterocycles. The van der Waals surface area contributed by atoms with E-state index in [1.54, 1.807) is 11.3 Å². The van der Waals surface area contributed by atoms with Crippen molar-refractivity contribution in [3.05, 3.63) is 39.3 Å². The zero-order valence-corrected chi connectivity index (χ0v) is 14.8. The molecule has 0 fully saturated rings. The van der Waals surface area contributed by atoms with E-state index in [1.165, 1.54) is 16.1 Å². The van der Waals surface area contributed by atoms with Gasteiger partial charge in [-0.25, -0.2) is 4.98 Å². The molecule has 1 N–H and O–H groups in total. The van der Waals surface area contributed by atoms with Gasteiger partial charge in [0, 0.05) is 27.5 Å². The van der Waals surface area contributed by atoms with Gasteiger partial charge in [0.2, 0.25) is 0 Å². The summed E-state index contributed by atoms with van der Waals surface area (Å²) in [4.78, 5) is 6.21. The lowest BCUT2D eigenvalue weighted by molar-refractivity contribution is 0.588. The molecule has 20 heavy (non-hydrogen) atoms. The van der Waals surface area contributed by atoms with Crippen molar-refractivity contribution in [1.82, 2.24) is 10.3 Å². The number of benzene rings is 1. The zero-order valence-electron chi connectivity index (χ0n) is 12.4. The molecule has 4 heteroatoms. The lowest BCUT2D eigenvalue weighted by Crippen LogP contribution is -2.22. The van der Waals surface area contributed by atoms with Crippen molar-refractivity contribution in [3.63, 3.8) is 0 Å². The summed E-state index contributed by atoms with van der Waals surface area (Å²) >= 11 is 5.33. The van der Waals surface area contributed by atoms with Crippen molar-refractivity contribution >= 4 is 27.3 Å². The summed E-state index contributed by atoms with van der Waals surface area (Å²) in [7, 11) is 0. The second-order valence-corrected chi connectivity index (χ2v) is 7.53. The summed E-state index contributed by atoms with van der Waals surface area (Å²) < 4.78 is 1.10. The van der Waals surface area contributed by atoms with E-state index in [1.807, 2.05) is 6.07 Å². The van der Waals surface area contributed by atoms with Crippen molar-refractivity contribution in [3.8, 4) is 10.6 Å². The van der Waals surface area contributed by atoms with Crippen molar-refractivity contribution < 1.29 is 0 Å². The van der Waals surface area contributed by atoms with E-state index >= 15 is 0 Å². The van der Waals surface area contributed by atoms with Crippen LogP contribution in [-0.2, 0) is 6.54 Å². The normalized spacial score (nSPS) is 11.6. The van der Waals surface area contributed by atoms with Gasteiger partial charge in [0.15, 0.2) is 0 Å². The topological polar surface area (TPSA) is 24.9 Å². The fourth-order valence-electron chi connectivity index (χ4n) is 1.98. The monoisotopic (exact) mass is 352 g/mol. The molecule has 0 saturated heterocycles. The van der Waals surface area contributed by atoms with Crippen molar-refractivity contribution in [2.45, 2.75) is 46.2 Å². The van der Waals surface area contributed by atoms with Gasteiger partial charge >= 0.3 is 0 Å². The van der Waals surface area contributed by atoms with Crippen LogP contribution in [0.4, 0.5) is 0 Å². The van der Waals surface area contributed by atoms with E-state index in [-0.39, 0.29) is 0 Å². The third kappa shape index (κ3) is 3.90. The Morgan fingerprint density at radius 2 is 2.00 bits per heavy atom. The number of hydrogen-bond acceptors (Lipinski definition) is 3. The lowest BCUT2D eigenvalue weighted by Gasteiger charge is -2.09. The molecule has 108 valence electrons. The first-order valence-electron chi connectivity index (χ1n) is 6.96. The smallest absolute Gasteiger partial charge is 0.123 e. The molecule has 1 aromatic heterocycles. The molecule has 0 spiro atoms. The minimum Gasteiger partial charge on any atom is -0.310 e. The standard InChI is InChI=1S/C16H21BrN2S/c1-10(2)15-14(9-18-11(3)4)20-16(19-15)12-6-5-7-13(17)8-12/h5-8,10-11,18H,9H2,1-4H3. The van der Waals surface area contributed by atoms with Gasteiger partial charge < -0.3 is 5.32 Å². The summed E-state index contributed by atoms with van der Waals surface area (Å²) in [5.74, 6) is 0.455. The van der Waals surface area contributed by atoms with Crippen LogP contribution in [0.25, 0.3) is 10.6 Å². The number of nitrogens with zero attached hydrogens (tertiary/aromatic N) is 1. The van der Waals surface area contributed by atoms with Gasteiger partial charge in [-0.1, -0.05) is 55.8 Å². The van der Waals surface area contributed by atoms with E-state index < -0.39 is 0 Å². The maximum absolute atomic E-state index is 4.86. The number of aromatic nitrogens is 1. The molecule has 0 atom stereocenters. The molecule has 0 saturated carbocycles. The van der Waals surface area contributed by atoms with Crippen LogP contribution in [0, 0.1) is 0 Å². The highest BCUT2D eigenvalue weighted by molar-refractivity contribution is 9.10. The molecular formula is C16H21BrN2S. The number of rotatable bonds is 5. The first kappa shape index (κ1) is 15.7. The van der Waals surface area contributed by atoms with Crippen LogP contribution >= 0.6 is 27.3 Å². The third-order valence-corrected chi connectivity index (χ3v) is 4.63. The van der Waals surface area contributed by atoms with Gasteiger partial charge in [-0.05, 0) is 18.1 Å². The molecule has 0 bridgehead atoms. The quantitative estimate of drug-likeness (QED) is 0.800. The Labute approximate surface area is 133 Å². The minimum atomic E-state index is 0.455. The Balaban J connectivity index is 2.33. The highest BCUT2D eigenvalue weighted by atomic mass is 79.9. The van der Waals surface area contributed by atoms with Gasteiger partial charge in [-0.15, -0.1) is 11.3 Å². The van der Waals surface area contributed by atoms with Gasteiger partial charge in [0.05, 0.1) is 5.69 Å². The zero-order chi connectivity index (χ0) is 14.7. The average Bonchev–Trinajstić information content (AvgIpc) is 2.80. The number of hydrogen-bond donors (Lipinski definition) is 1. The van der Waals surface area contributed by atoms with E-state index in [4.69, 9.17) is 4.98 Å². The molecule has 2 rings (SSSR count). The first-order valence-corrected chi connectivity index (χ1v) is 8.57. The minimum absolute atomic E-state index is 0.455. The van der Waals surface area contributed by atoms with E-state index in [0.717, 1.165) is 16.0 Å². The highest BCUT2D eigenvalue weighted by Crippen LogP contribution is 2.32. The third-order valence-electron chi connectivity index (χ3n) is 3.02. The van der Waals surface area contributed by atoms with Crippen LogP contribution in [0.2, 0.25) is 0 Å². The molecule has 0 radical (unpaired) electrons. The van der Waals surface area contributed by atoms with Gasteiger partial charge in [-0.3, -0.25) is 0 Å². The second-order valence-electron chi connectivity index (χ2n) is 5.53. The Hall–Kier alpha value is -0.710. The van der Waals surface area contributed by atoms with Crippen LogP contribution in [0.15, 0.2) is 28.7 Å². The van der Waals surface area contributed by atoms with E-state index in [0.29, 0.717) is 12.0 Å². The molecule has 2 nitrogen and oxygen atoms in total. The summed E-state index contributed by atoms with van der Waals surface area (Å²) in [5, 5.41) is 4.60. The molecule has 0 aliphatic rings. The molecule has 0 amide bonds. The summed E-state index contributed by atoms with van der Waals surface area (Å²) in [5.41, 5.74) is 2.40. The maximum Gasteiger partial charge on any atom is 0.123 e. The Bertz CT molecular complexity index is 576. The molecule has 0 unspecified atom stereocenters. The van der Waals surface area contributed by atoms with Crippen LogP contribution in [0.5, 0.6) is 0 Å².